The minimum atomic E-state index is 0.0463. The molecule has 2 aliphatic rings. The topological polar surface area (TPSA) is 44.8 Å². The van der Waals surface area contributed by atoms with Crippen molar-refractivity contribution in [3.8, 4) is 0 Å². The molecule has 0 saturated carbocycles. The summed E-state index contributed by atoms with van der Waals surface area (Å²) in [5.74, 6) is 2.11. The van der Waals surface area contributed by atoms with Crippen LogP contribution in [0.4, 0.5) is 0 Å². The lowest BCUT2D eigenvalue weighted by Crippen LogP contribution is -2.53. The van der Waals surface area contributed by atoms with Crippen LogP contribution < -0.4 is 5.32 Å². The quantitative estimate of drug-likeness (QED) is 0.705. The number of rotatable bonds is 5. The molecule has 0 bridgehead atoms. The molecule has 0 aromatic rings. The summed E-state index contributed by atoms with van der Waals surface area (Å²) in [5.41, 5.74) is 0. The van der Waals surface area contributed by atoms with E-state index in [1.54, 1.807) is 11.8 Å². The Hall–Kier alpha value is -0.300. The Kier molecular flexibility index (Phi) is 5.75. The summed E-state index contributed by atoms with van der Waals surface area (Å²) >= 11 is 1.80. The number of nitrogens with one attached hydrogen (secondary N) is 1. The maximum absolute atomic E-state index is 12.2. The number of hydrogen-bond donors (Lipinski definition) is 1. The van der Waals surface area contributed by atoms with Crippen molar-refractivity contribution in [2.24, 2.45) is 0 Å². The van der Waals surface area contributed by atoms with Gasteiger partial charge >= 0.3 is 0 Å². The summed E-state index contributed by atoms with van der Waals surface area (Å²) in [6, 6.07) is 0.0463. The van der Waals surface area contributed by atoms with Gasteiger partial charge < -0.3 is 9.64 Å². The Bertz CT molecular complexity index is 264. The molecule has 1 unspecified atom stereocenters. The fourth-order valence-electron chi connectivity index (χ4n) is 2.30. The maximum atomic E-state index is 12.2. The first kappa shape index (κ1) is 14.1. The zero-order valence-corrected chi connectivity index (χ0v) is 11.9. The first-order valence-electron chi connectivity index (χ1n) is 6.71. The van der Waals surface area contributed by atoms with Gasteiger partial charge in [0.15, 0.2) is 0 Å². The Morgan fingerprint density at radius 3 is 2.78 bits per heavy atom. The van der Waals surface area contributed by atoms with Crippen LogP contribution in [-0.4, -0.2) is 79.3 Å². The van der Waals surface area contributed by atoms with Crippen molar-refractivity contribution in [1.29, 1.82) is 0 Å². The largest absolute Gasteiger partial charge is 0.380 e. The highest BCUT2D eigenvalue weighted by Crippen LogP contribution is 2.13. The van der Waals surface area contributed by atoms with Gasteiger partial charge in [0.1, 0.15) is 0 Å². The molecule has 1 atom stereocenters. The minimum absolute atomic E-state index is 0.0463. The number of ether oxygens (including phenoxy) is 1. The predicted octanol–water partition coefficient (Wildman–Crippen LogP) is -0.170. The highest BCUT2D eigenvalue weighted by Gasteiger charge is 2.29. The van der Waals surface area contributed by atoms with Gasteiger partial charge in [-0.2, -0.15) is 0 Å². The van der Waals surface area contributed by atoms with E-state index in [9.17, 15) is 4.79 Å². The van der Waals surface area contributed by atoms with Crippen LogP contribution in [0, 0.1) is 0 Å². The van der Waals surface area contributed by atoms with Crippen LogP contribution in [0.5, 0.6) is 0 Å². The summed E-state index contributed by atoms with van der Waals surface area (Å²) in [5, 5.41) is 3.24. The smallest absolute Gasteiger partial charge is 0.240 e. The summed E-state index contributed by atoms with van der Waals surface area (Å²) in [6.07, 6.45) is 0. The van der Waals surface area contributed by atoms with E-state index in [0.29, 0.717) is 0 Å². The zero-order chi connectivity index (χ0) is 12.8. The van der Waals surface area contributed by atoms with Crippen LogP contribution in [-0.2, 0) is 9.53 Å². The van der Waals surface area contributed by atoms with Crippen molar-refractivity contribution in [1.82, 2.24) is 15.1 Å². The van der Waals surface area contributed by atoms with Crippen LogP contribution in [0.25, 0.3) is 0 Å². The summed E-state index contributed by atoms with van der Waals surface area (Å²) in [6.45, 7) is 8.23. The third-order valence-corrected chi connectivity index (χ3v) is 4.39. The van der Waals surface area contributed by atoms with E-state index in [-0.39, 0.29) is 11.9 Å². The number of amides is 1. The molecule has 2 rings (SSSR count). The lowest BCUT2D eigenvalue weighted by atomic mass is 10.2. The molecule has 0 aromatic heterocycles. The van der Waals surface area contributed by atoms with Gasteiger partial charge in [-0.25, -0.2) is 0 Å². The van der Waals surface area contributed by atoms with Gasteiger partial charge in [-0.15, -0.1) is 11.8 Å². The lowest BCUT2D eigenvalue weighted by Gasteiger charge is -2.35. The number of carbonyl (C=O) groups is 1. The van der Waals surface area contributed by atoms with E-state index in [1.165, 1.54) is 0 Å². The molecule has 0 radical (unpaired) electrons. The molecule has 0 aliphatic carbocycles. The van der Waals surface area contributed by atoms with Gasteiger partial charge in [-0.1, -0.05) is 0 Å². The van der Waals surface area contributed by atoms with Crippen molar-refractivity contribution in [2.45, 2.75) is 13.0 Å². The van der Waals surface area contributed by atoms with E-state index < -0.39 is 0 Å². The Morgan fingerprint density at radius 2 is 2.17 bits per heavy atom. The number of piperazine rings is 1. The molecular formula is C12H23N3O2S. The highest BCUT2D eigenvalue weighted by atomic mass is 32.2. The second-order valence-corrected chi connectivity index (χ2v) is 5.67. The van der Waals surface area contributed by atoms with E-state index >= 15 is 0 Å². The van der Waals surface area contributed by atoms with Crippen molar-refractivity contribution >= 4 is 17.7 Å². The third kappa shape index (κ3) is 3.85. The predicted molar refractivity (Wildman–Crippen MR) is 73.8 cm³/mol. The molecule has 0 aromatic carbocycles. The van der Waals surface area contributed by atoms with Gasteiger partial charge in [0, 0.05) is 51.0 Å². The molecule has 2 aliphatic heterocycles. The molecular weight excluding hydrogens is 250 g/mol. The van der Waals surface area contributed by atoms with Gasteiger partial charge in [0.25, 0.3) is 0 Å². The number of carbonyl (C=O) groups excluding carboxylic acids is 1. The van der Waals surface area contributed by atoms with E-state index in [4.69, 9.17) is 4.74 Å². The van der Waals surface area contributed by atoms with Crippen molar-refractivity contribution in [3.05, 3.63) is 0 Å². The normalized spacial score (nSPS) is 25.6. The molecule has 2 heterocycles. The summed E-state index contributed by atoms with van der Waals surface area (Å²) < 4.78 is 5.36. The first-order valence-corrected chi connectivity index (χ1v) is 7.86. The summed E-state index contributed by atoms with van der Waals surface area (Å²) in [7, 11) is 0. The molecule has 1 N–H and O–H groups in total. The second kappa shape index (κ2) is 7.33. The molecule has 6 heteroatoms. The molecule has 2 saturated heterocycles. The van der Waals surface area contributed by atoms with Crippen molar-refractivity contribution < 1.29 is 9.53 Å². The molecule has 1 amide bonds. The number of hydrogen-bond acceptors (Lipinski definition) is 5. The Labute approximate surface area is 113 Å². The first-order chi connectivity index (χ1) is 8.81. The lowest BCUT2D eigenvalue weighted by molar-refractivity contribution is -0.134. The highest BCUT2D eigenvalue weighted by molar-refractivity contribution is 7.99. The van der Waals surface area contributed by atoms with E-state index in [2.05, 4.69) is 10.2 Å². The van der Waals surface area contributed by atoms with E-state index in [1.807, 2.05) is 11.8 Å². The molecule has 18 heavy (non-hydrogen) atoms. The average Bonchev–Trinajstić information content (AvgIpc) is 2.93. The fraction of sp³-hybridized carbons (Fsp3) is 0.917. The van der Waals surface area contributed by atoms with E-state index in [0.717, 1.165) is 57.6 Å². The van der Waals surface area contributed by atoms with Crippen LogP contribution >= 0.6 is 11.8 Å². The van der Waals surface area contributed by atoms with Gasteiger partial charge in [0.2, 0.25) is 5.91 Å². The maximum Gasteiger partial charge on any atom is 0.240 e. The van der Waals surface area contributed by atoms with Gasteiger partial charge in [-0.3, -0.25) is 15.0 Å². The molecule has 2 fully saturated rings. The monoisotopic (exact) mass is 273 g/mol. The van der Waals surface area contributed by atoms with Crippen LogP contribution in [0.2, 0.25) is 0 Å². The van der Waals surface area contributed by atoms with Crippen molar-refractivity contribution in [3.63, 3.8) is 0 Å². The van der Waals surface area contributed by atoms with Gasteiger partial charge in [-0.05, 0) is 6.92 Å². The van der Waals surface area contributed by atoms with Crippen molar-refractivity contribution in [2.75, 3.05) is 57.6 Å². The second-order valence-electron chi connectivity index (χ2n) is 4.64. The minimum Gasteiger partial charge on any atom is -0.380 e. The van der Waals surface area contributed by atoms with Crippen LogP contribution in [0.1, 0.15) is 6.92 Å². The fourth-order valence-corrected chi connectivity index (χ4v) is 3.24. The average molecular weight is 273 g/mol. The molecule has 0 spiro atoms. The standard InChI is InChI=1S/C12H23N3O2S/c1-2-17-8-7-14-3-5-15(6-4-14)12(16)11-9-18-10-13-11/h11,13H,2-10H2,1H3. The van der Waals surface area contributed by atoms with Crippen LogP contribution in [0.15, 0.2) is 0 Å². The third-order valence-electron chi connectivity index (χ3n) is 3.45. The zero-order valence-electron chi connectivity index (χ0n) is 11.1. The van der Waals surface area contributed by atoms with Crippen LogP contribution in [0.3, 0.4) is 0 Å². The Balaban J connectivity index is 1.67. The number of thioether (sulfide) groups is 1. The number of nitrogens with zero attached hydrogens (tertiary/aromatic N) is 2. The summed E-state index contributed by atoms with van der Waals surface area (Å²) in [4.78, 5) is 16.5. The SMILES string of the molecule is CCOCCN1CCN(C(=O)C2CSCN2)CC1. The Morgan fingerprint density at radius 1 is 1.39 bits per heavy atom. The van der Waals surface area contributed by atoms with Gasteiger partial charge in [0.05, 0.1) is 12.6 Å². The molecule has 104 valence electrons. The molecule has 5 nitrogen and oxygen atoms in total.